The zero-order valence-electron chi connectivity index (χ0n) is 17.7. The number of hydrogen-bond donors (Lipinski definition) is 2. The number of rotatable bonds is 6. The summed E-state index contributed by atoms with van der Waals surface area (Å²) in [5.74, 6) is -0.502. The number of benzene rings is 2. The summed E-state index contributed by atoms with van der Waals surface area (Å²) in [5, 5.41) is 2.77. The Kier molecular flexibility index (Phi) is 6.18. The summed E-state index contributed by atoms with van der Waals surface area (Å²) in [6.07, 6.45) is 6.44. The molecule has 0 aliphatic carbocycles. The second kappa shape index (κ2) is 9.21. The van der Waals surface area contributed by atoms with Crippen molar-refractivity contribution in [1.82, 2.24) is 14.9 Å². The van der Waals surface area contributed by atoms with Gasteiger partial charge in [-0.1, -0.05) is 24.3 Å². The van der Waals surface area contributed by atoms with Crippen LogP contribution in [-0.2, 0) is 19.6 Å². The molecule has 0 unspecified atom stereocenters. The van der Waals surface area contributed by atoms with Gasteiger partial charge in [0.15, 0.2) is 0 Å². The van der Waals surface area contributed by atoms with Crippen molar-refractivity contribution in [2.45, 2.75) is 24.3 Å². The largest absolute Gasteiger partial charge is 0.326 e. The molecule has 1 aliphatic rings. The van der Waals surface area contributed by atoms with Crippen LogP contribution in [0, 0.1) is 0 Å². The van der Waals surface area contributed by atoms with Gasteiger partial charge < -0.3 is 10.2 Å². The highest BCUT2D eigenvalue weighted by Crippen LogP contribution is 2.33. The monoisotopic (exact) mass is 463 g/mol. The van der Waals surface area contributed by atoms with Crippen molar-refractivity contribution in [3.05, 3.63) is 84.3 Å². The van der Waals surface area contributed by atoms with Gasteiger partial charge in [-0.15, -0.1) is 0 Å². The smallest absolute Gasteiger partial charge is 0.264 e. The molecule has 0 saturated heterocycles. The SMILES string of the molecule is CC(=O)N1C=Cc2ccccc2[C@@H]1CC(=O)Nc1ccc(S(=O)(=O)Nc2ncccn2)cc1. The number of hydrogen-bond acceptors (Lipinski definition) is 6. The molecule has 2 amide bonds. The first-order valence-electron chi connectivity index (χ1n) is 10.1. The molecular weight excluding hydrogens is 442 g/mol. The van der Waals surface area contributed by atoms with Gasteiger partial charge in [0.2, 0.25) is 17.8 Å². The molecule has 0 radical (unpaired) electrons. The number of nitrogens with one attached hydrogen (secondary N) is 2. The van der Waals surface area contributed by atoms with Crippen molar-refractivity contribution >= 4 is 39.5 Å². The third kappa shape index (κ3) is 5.07. The van der Waals surface area contributed by atoms with E-state index in [2.05, 4.69) is 20.0 Å². The second-order valence-electron chi connectivity index (χ2n) is 7.34. The molecule has 0 bridgehead atoms. The van der Waals surface area contributed by atoms with Crippen LogP contribution in [0.1, 0.15) is 30.5 Å². The quantitative estimate of drug-likeness (QED) is 0.579. The lowest BCUT2D eigenvalue weighted by molar-refractivity contribution is -0.129. The van der Waals surface area contributed by atoms with Crippen molar-refractivity contribution in [2.75, 3.05) is 10.0 Å². The fourth-order valence-electron chi connectivity index (χ4n) is 3.55. The van der Waals surface area contributed by atoms with Gasteiger partial charge in [0.25, 0.3) is 10.0 Å². The summed E-state index contributed by atoms with van der Waals surface area (Å²) in [4.78, 5) is 34.1. The highest BCUT2D eigenvalue weighted by molar-refractivity contribution is 7.92. The van der Waals surface area contributed by atoms with E-state index in [1.165, 1.54) is 48.5 Å². The van der Waals surface area contributed by atoms with Gasteiger partial charge in [0.1, 0.15) is 0 Å². The first kappa shape index (κ1) is 22.2. The molecule has 33 heavy (non-hydrogen) atoms. The first-order chi connectivity index (χ1) is 15.8. The van der Waals surface area contributed by atoms with Gasteiger partial charge in [-0.2, -0.15) is 0 Å². The molecule has 168 valence electrons. The van der Waals surface area contributed by atoms with Gasteiger partial charge in [-0.25, -0.2) is 23.1 Å². The van der Waals surface area contributed by atoms with E-state index in [0.29, 0.717) is 5.69 Å². The minimum atomic E-state index is -3.87. The van der Waals surface area contributed by atoms with Crippen LogP contribution in [0.2, 0.25) is 0 Å². The zero-order chi connectivity index (χ0) is 23.4. The minimum absolute atomic E-state index is 0.00190. The van der Waals surface area contributed by atoms with Gasteiger partial charge in [-0.05, 0) is 47.5 Å². The lowest BCUT2D eigenvalue weighted by Crippen LogP contribution is -2.33. The molecule has 2 heterocycles. The topological polar surface area (TPSA) is 121 Å². The Morgan fingerprint density at radius 2 is 1.70 bits per heavy atom. The van der Waals surface area contributed by atoms with E-state index in [0.717, 1.165) is 11.1 Å². The third-order valence-electron chi connectivity index (χ3n) is 5.09. The van der Waals surface area contributed by atoms with Crippen LogP contribution in [0.5, 0.6) is 0 Å². The van der Waals surface area contributed by atoms with Crippen LogP contribution in [0.25, 0.3) is 6.08 Å². The predicted molar refractivity (Wildman–Crippen MR) is 123 cm³/mol. The molecule has 1 aromatic heterocycles. The van der Waals surface area contributed by atoms with Crippen LogP contribution in [0.4, 0.5) is 11.6 Å². The third-order valence-corrected chi connectivity index (χ3v) is 6.43. The maximum atomic E-state index is 12.8. The highest BCUT2D eigenvalue weighted by atomic mass is 32.2. The highest BCUT2D eigenvalue weighted by Gasteiger charge is 2.28. The maximum absolute atomic E-state index is 12.8. The molecule has 2 aromatic carbocycles. The molecule has 0 spiro atoms. The number of anilines is 2. The second-order valence-corrected chi connectivity index (χ2v) is 9.02. The number of fused-ring (bicyclic) bond motifs is 1. The standard InChI is InChI=1S/C23H21N5O4S/c1-16(29)28-14-11-17-5-2-3-6-20(17)21(28)15-22(30)26-18-7-9-19(10-8-18)33(31,32)27-23-24-12-4-13-25-23/h2-14,21H,15H2,1H3,(H,26,30)(H,24,25,27)/t21-/m0/s1. The van der Waals surface area contributed by atoms with Gasteiger partial charge in [0, 0.05) is 31.2 Å². The molecule has 10 heteroatoms. The first-order valence-corrected chi connectivity index (χ1v) is 11.6. The van der Waals surface area contributed by atoms with E-state index in [1.807, 2.05) is 30.3 Å². The number of carbonyl (C=O) groups is 2. The van der Waals surface area contributed by atoms with Crippen molar-refractivity contribution in [3.8, 4) is 0 Å². The van der Waals surface area contributed by atoms with Crippen molar-refractivity contribution < 1.29 is 18.0 Å². The van der Waals surface area contributed by atoms with E-state index in [1.54, 1.807) is 12.3 Å². The van der Waals surface area contributed by atoms with E-state index >= 15 is 0 Å². The molecule has 3 aromatic rings. The van der Waals surface area contributed by atoms with Gasteiger partial charge in [-0.3, -0.25) is 9.59 Å². The Morgan fingerprint density at radius 1 is 1.00 bits per heavy atom. The Bertz CT molecular complexity index is 1310. The van der Waals surface area contributed by atoms with Crippen molar-refractivity contribution in [2.24, 2.45) is 0 Å². The number of carbonyl (C=O) groups excluding carboxylic acids is 2. The number of sulfonamides is 1. The molecule has 1 aliphatic heterocycles. The number of amides is 2. The van der Waals surface area contributed by atoms with E-state index in [9.17, 15) is 18.0 Å². The Morgan fingerprint density at radius 3 is 2.39 bits per heavy atom. The van der Waals surface area contributed by atoms with Crippen LogP contribution >= 0.6 is 0 Å². The Balaban J connectivity index is 1.45. The van der Waals surface area contributed by atoms with Crippen LogP contribution < -0.4 is 10.0 Å². The van der Waals surface area contributed by atoms with E-state index in [-0.39, 0.29) is 29.1 Å². The fourth-order valence-corrected chi connectivity index (χ4v) is 4.51. The number of nitrogens with zero attached hydrogens (tertiary/aromatic N) is 3. The molecule has 9 nitrogen and oxygen atoms in total. The fraction of sp³-hybridized carbons (Fsp3) is 0.130. The number of aromatic nitrogens is 2. The molecule has 0 saturated carbocycles. The van der Waals surface area contributed by atoms with E-state index in [4.69, 9.17) is 0 Å². The minimum Gasteiger partial charge on any atom is -0.326 e. The molecule has 0 fully saturated rings. The van der Waals surface area contributed by atoms with E-state index < -0.39 is 16.1 Å². The van der Waals surface area contributed by atoms with Crippen LogP contribution in [0.3, 0.4) is 0 Å². The van der Waals surface area contributed by atoms with Crippen molar-refractivity contribution in [1.29, 1.82) is 0 Å². The normalized spacial score (nSPS) is 14.9. The average Bonchev–Trinajstić information content (AvgIpc) is 2.80. The molecular formula is C23H21N5O4S. The Hall–Kier alpha value is -4.05. The summed E-state index contributed by atoms with van der Waals surface area (Å²) in [6, 6.07) is 14.5. The summed E-state index contributed by atoms with van der Waals surface area (Å²) in [5.41, 5.74) is 2.28. The summed E-state index contributed by atoms with van der Waals surface area (Å²) >= 11 is 0. The van der Waals surface area contributed by atoms with Crippen LogP contribution in [0.15, 0.2) is 78.1 Å². The lowest BCUT2D eigenvalue weighted by atomic mass is 9.93. The lowest BCUT2D eigenvalue weighted by Gasteiger charge is -2.32. The molecule has 1 atom stereocenters. The summed E-state index contributed by atoms with van der Waals surface area (Å²) < 4.78 is 27.3. The van der Waals surface area contributed by atoms with Gasteiger partial charge >= 0.3 is 0 Å². The summed E-state index contributed by atoms with van der Waals surface area (Å²) in [7, 11) is -3.87. The van der Waals surface area contributed by atoms with Gasteiger partial charge in [0.05, 0.1) is 17.4 Å². The van der Waals surface area contributed by atoms with Crippen LogP contribution in [-0.4, -0.2) is 35.1 Å². The Labute approximate surface area is 191 Å². The zero-order valence-corrected chi connectivity index (χ0v) is 18.5. The average molecular weight is 464 g/mol. The molecule has 2 N–H and O–H groups in total. The molecule has 4 rings (SSSR count). The predicted octanol–water partition coefficient (Wildman–Crippen LogP) is 3.18. The van der Waals surface area contributed by atoms with Crippen molar-refractivity contribution in [3.63, 3.8) is 0 Å². The summed E-state index contributed by atoms with van der Waals surface area (Å²) in [6.45, 7) is 1.46. The maximum Gasteiger partial charge on any atom is 0.264 e.